The predicted octanol–water partition coefficient (Wildman–Crippen LogP) is 1.83. The van der Waals surface area contributed by atoms with E-state index < -0.39 is 0 Å². The molecule has 1 fully saturated rings. The molecule has 1 saturated carbocycles. The van der Waals surface area contributed by atoms with Crippen LogP contribution >= 0.6 is 0 Å². The molecule has 19 heavy (non-hydrogen) atoms. The molecular weight excluding hydrogens is 242 g/mol. The molecule has 2 heterocycles. The monoisotopic (exact) mass is 259 g/mol. The molecule has 0 saturated heterocycles. The fourth-order valence-corrected chi connectivity index (χ4v) is 2.13. The zero-order valence-electron chi connectivity index (χ0n) is 10.8. The zero-order chi connectivity index (χ0) is 13.2. The number of nitrogen functional groups attached to an aromatic ring is 1. The number of rotatable bonds is 5. The van der Waals surface area contributed by atoms with Crippen LogP contribution in [0.15, 0.2) is 29.0 Å². The van der Waals surface area contributed by atoms with Gasteiger partial charge >= 0.3 is 0 Å². The van der Waals surface area contributed by atoms with Crippen molar-refractivity contribution < 1.29 is 4.42 Å². The van der Waals surface area contributed by atoms with Crippen molar-refractivity contribution in [1.29, 1.82) is 0 Å². The average molecular weight is 259 g/mol. The van der Waals surface area contributed by atoms with Crippen LogP contribution in [-0.4, -0.2) is 16.0 Å². The van der Waals surface area contributed by atoms with E-state index in [0.29, 0.717) is 12.0 Å². The molecule has 2 aromatic heterocycles. The number of nitrogens with zero attached hydrogens (tertiary/aromatic N) is 3. The highest BCUT2D eigenvalue weighted by atomic mass is 16.3. The van der Waals surface area contributed by atoms with Crippen LogP contribution in [0.5, 0.6) is 0 Å². The minimum atomic E-state index is 0.436. The second-order valence-electron chi connectivity index (χ2n) is 4.78. The molecule has 6 heteroatoms. The molecule has 0 atom stereocenters. The van der Waals surface area contributed by atoms with Gasteiger partial charge in [0.1, 0.15) is 11.6 Å². The molecule has 0 amide bonds. The van der Waals surface area contributed by atoms with Gasteiger partial charge in [-0.25, -0.2) is 10.8 Å². The lowest BCUT2D eigenvalue weighted by Crippen LogP contribution is -2.27. The summed E-state index contributed by atoms with van der Waals surface area (Å²) in [6.45, 7) is 2.73. The zero-order valence-corrected chi connectivity index (χ0v) is 10.8. The van der Waals surface area contributed by atoms with Gasteiger partial charge in [0.25, 0.3) is 0 Å². The van der Waals surface area contributed by atoms with E-state index >= 15 is 0 Å². The number of hydrogen-bond acceptors (Lipinski definition) is 6. The van der Waals surface area contributed by atoms with Crippen molar-refractivity contribution in [3.8, 4) is 0 Å². The molecule has 0 spiro atoms. The van der Waals surface area contributed by atoms with Crippen molar-refractivity contribution in [3.63, 3.8) is 0 Å². The lowest BCUT2D eigenvalue weighted by molar-refractivity contribution is 0.500. The Balaban J connectivity index is 1.91. The van der Waals surface area contributed by atoms with Gasteiger partial charge in [-0.1, -0.05) is 0 Å². The summed E-state index contributed by atoms with van der Waals surface area (Å²) in [7, 11) is 0. The van der Waals surface area contributed by atoms with Gasteiger partial charge in [0, 0.05) is 17.8 Å². The molecule has 1 aliphatic carbocycles. The maximum atomic E-state index is 5.43. The maximum Gasteiger partial charge on any atom is 0.239 e. The van der Waals surface area contributed by atoms with Crippen molar-refractivity contribution in [1.82, 2.24) is 9.97 Å². The summed E-state index contributed by atoms with van der Waals surface area (Å²) in [6, 6.07) is 4.41. The van der Waals surface area contributed by atoms with E-state index in [-0.39, 0.29) is 0 Å². The van der Waals surface area contributed by atoms with Crippen molar-refractivity contribution in [2.45, 2.75) is 32.4 Å². The van der Waals surface area contributed by atoms with Crippen molar-refractivity contribution >= 4 is 11.8 Å². The number of aryl methyl sites for hydroxylation is 1. The first-order valence-corrected chi connectivity index (χ1v) is 6.37. The fourth-order valence-electron chi connectivity index (χ4n) is 2.13. The largest absolute Gasteiger partial charge is 0.467 e. The molecule has 0 aromatic carbocycles. The Hall–Kier alpha value is -2.08. The third-order valence-corrected chi connectivity index (χ3v) is 3.24. The van der Waals surface area contributed by atoms with Gasteiger partial charge in [0.15, 0.2) is 0 Å². The van der Waals surface area contributed by atoms with Crippen molar-refractivity contribution in [2.24, 2.45) is 5.84 Å². The summed E-state index contributed by atoms with van der Waals surface area (Å²) in [6.07, 6.45) is 5.86. The number of hydrogen-bond donors (Lipinski definition) is 2. The molecule has 0 bridgehead atoms. The van der Waals surface area contributed by atoms with E-state index in [1.165, 1.54) is 12.8 Å². The molecule has 3 rings (SSSR count). The Morgan fingerprint density at radius 3 is 3.00 bits per heavy atom. The molecule has 0 aliphatic heterocycles. The Morgan fingerprint density at radius 1 is 1.53 bits per heavy atom. The summed E-state index contributed by atoms with van der Waals surface area (Å²) >= 11 is 0. The van der Waals surface area contributed by atoms with Gasteiger partial charge in [-0.3, -0.25) is 5.43 Å². The highest BCUT2D eigenvalue weighted by Gasteiger charge is 2.31. The van der Waals surface area contributed by atoms with Gasteiger partial charge < -0.3 is 9.32 Å². The smallest absolute Gasteiger partial charge is 0.239 e. The summed E-state index contributed by atoms with van der Waals surface area (Å²) in [5.41, 5.74) is 3.53. The standard InChI is InChI=1S/C13H17N5O/c1-9-7-15-13(17-14)16-12(9)18(10-4-5-10)8-11-3-2-6-19-11/h2-3,6-7,10H,4-5,8,14H2,1H3,(H,15,16,17). The van der Waals surface area contributed by atoms with E-state index in [1.807, 2.05) is 19.1 Å². The quantitative estimate of drug-likeness (QED) is 0.630. The Bertz CT molecular complexity index is 550. The number of hydrazine groups is 1. The minimum absolute atomic E-state index is 0.436. The first-order valence-electron chi connectivity index (χ1n) is 6.37. The Morgan fingerprint density at radius 2 is 2.37 bits per heavy atom. The predicted molar refractivity (Wildman–Crippen MR) is 72.5 cm³/mol. The third-order valence-electron chi connectivity index (χ3n) is 3.24. The Labute approximate surface area is 111 Å². The van der Waals surface area contributed by atoms with Crippen LogP contribution in [0, 0.1) is 6.92 Å². The number of furan rings is 1. The number of nitrogens with one attached hydrogen (secondary N) is 1. The molecule has 6 nitrogen and oxygen atoms in total. The highest BCUT2D eigenvalue weighted by Crippen LogP contribution is 2.33. The normalized spacial score (nSPS) is 14.4. The fraction of sp³-hybridized carbons (Fsp3) is 0.385. The summed E-state index contributed by atoms with van der Waals surface area (Å²) in [5.74, 6) is 7.68. The molecule has 0 unspecified atom stereocenters. The summed E-state index contributed by atoms with van der Waals surface area (Å²) in [5, 5.41) is 0. The molecule has 1 aliphatic rings. The second-order valence-corrected chi connectivity index (χ2v) is 4.78. The highest BCUT2D eigenvalue weighted by molar-refractivity contribution is 5.50. The van der Waals surface area contributed by atoms with Crippen LogP contribution < -0.4 is 16.2 Å². The van der Waals surface area contributed by atoms with E-state index in [0.717, 1.165) is 23.7 Å². The van der Waals surface area contributed by atoms with Gasteiger partial charge in [0.05, 0.1) is 12.8 Å². The van der Waals surface area contributed by atoms with Crippen LogP contribution in [0.2, 0.25) is 0 Å². The van der Waals surface area contributed by atoms with E-state index in [9.17, 15) is 0 Å². The SMILES string of the molecule is Cc1cnc(NN)nc1N(Cc1ccco1)C1CC1. The maximum absolute atomic E-state index is 5.43. The van der Waals surface area contributed by atoms with Gasteiger partial charge in [-0.2, -0.15) is 4.98 Å². The summed E-state index contributed by atoms with van der Waals surface area (Å²) < 4.78 is 5.43. The second kappa shape index (κ2) is 4.89. The van der Waals surface area contributed by atoms with Gasteiger partial charge in [-0.05, 0) is 31.9 Å². The number of nitrogens with two attached hydrogens (primary N) is 1. The number of aromatic nitrogens is 2. The molecule has 100 valence electrons. The van der Waals surface area contributed by atoms with Crippen LogP contribution in [0.25, 0.3) is 0 Å². The van der Waals surface area contributed by atoms with Gasteiger partial charge in [0.2, 0.25) is 5.95 Å². The minimum Gasteiger partial charge on any atom is -0.467 e. The van der Waals surface area contributed by atoms with Crippen LogP contribution in [-0.2, 0) is 6.54 Å². The number of anilines is 2. The van der Waals surface area contributed by atoms with Crippen molar-refractivity contribution in [3.05, 3.63) is 35.9 Å². The Kier molecular flexibility index (Phi) is 3.08. The third kappa shape index (κ3) is 2.53. The van der Waals surface area contributed by atoms with E-state index in [1.54, 1.807) is 12.5 Å². The average Bonchev–Trinajstić information content (AvgIpc) is 3.14. The molecular formula is C13H17N5O. The lowest BCUT2D eigenvalue weighted by atomic mass is 10.3. The summed E-state index contributed by atoms with van der Waals surface area (Å²) in [4.78, 5) is 10.8. The molecule has 3 N–H and O–H groups in total. The van der Waals surface area contributed by atoms with Crippen LogP contribution in [0.1, 0.15) is 24.2 Å². The van der Waals surface area contributed by atoms with Crippen LogP contribution in [0.3, 0.4) is 0 Å². The molecule has 2 aromatic rings. The lowest BCUT2D eigenvalue weighted by Gasteiger charge is -2.24. The van der Waals surface area contributed by atoms with Crippen molar-refractivity contribution in [2.75, 3.05) is 10.3 Å². The first kappa shape index (κ1) is 12.0. The van der Waals surface area contributed by atoms with Crippen LogP contribution in [0.4, 0.5) is 11.8 Å². The molecule has 0 radical (unpaired) electrons. The first-order chi connectivity index (χ1) is 9.28. The van der Waals surface area contributed by atoms with E-state index in [2.05, 4.69) is 20.3 Å². The topological polar surface area (TPSA) is 80.2 Å². The van der Waals surface area contributed by atoms with E-state index in [4.69, 9.17) is 10.3 Å². The van der Waals surface area contributed by atoms with Gasteiger partial charge in [-0.15, -0.1) is 0 Å².